The van der Waals surface area contributed by atoms with Gasteiger partial charge in [0.15, 0.2) is 0 Å². The van der Waals surface area contributed by atoms with E-state index in [1.807, 2.05) is 0 Å². The van der Waals surface area contributed by atoms with E-state index in [1.54, 1.807) is 5.57 Å². The second-order valence-corrected chi connectivity index (χ2v) is 11.2. The van der Waals surface area contributed by atoms with Crippen molar-refractivity contribution in [1.29, 1.82) is 0 Å². The Balaban J connectivity index is 1.19. The van der Waals surface area contributed by atoms with E-state index < -0.39 is 0 Å². The van der Waals surface area contributed by atoms with Gasteiger partial charge in [-0.25, -0.2) is 4.98 Å². The van der Waals surface area contributed by atoms with Crippen molar-refractivity contribution in [3.05, 3.63) is 41.7 Å². The molecular formula is C27H38N4. The number of aromatic nitrogens is 2. The fourth-order valence-electron chi connectivity index (χ4n) is 7.06. The van der Waals surface area contributed by atoms with Gasteiger partial charge < -0.3 is 9.88 Å². The highest BCUT2D eigenvalue weighted by atomic mass is 15.2. The Kier molecular flexibility index (Phi) is 4.99. The standard InChI is InChI=1S/C27H38N4/c1-27(2)21-10-9-20(23(27)16-21)18-30-14-11-22(12-15-30)31-25-8-4-3-7-24(25)29-26(31)19-6-5-13-28-17-19/h3-4,7-9,19,21-23,28H,5-6,10-18H2,1-2H3. The van der Waals surface area contributed by atoms with Crippen molar-refractivity contribution in [3.63, 3.8) is 0 Å². The molecule has 2 aliphatic heterocycles. The Morgan fingerprint density at radius 3 is 2.71 bits per heavy atom. The number of rotatable bonds is 4. The van der Waals surface area contributed by atoms with E-state index in [2.05, 4.69) is 59.0 Å². The molecule has 3 aliphatic carbocycles. The minimum Gasteiger partial charge on any atom is -0.324 e. The van der Waals surface area contributed by atoms with Gasteiger partial charge in [0, 0.05) is 38.1 Å². The van der Waals surface area contributed by atoms with E-state index >= 15 is 0 Å². The molecule has 31 heavy (non-hydrogen) atoms. The second-order valence-electron chi connectivity index (χ2n) is 11.2. The van der Waals surface area contributed by atoms with Crippen molar-refractivity contribution in [2.24, 2.45) is 17.3 Å². The number of fused-ring (bicyclic) bond motifs is 2. The van der Waals surface area contributed by atoms with E-state index in [-0.39, 0.29) is 0 Å². The van der Waals surface area contributed by atoms with Gasteiger partial charge in [0.2, 0.25) is 0 Å². The summed E-state index contributed by atoms with van der Waals surface area (Å²) < 4.78 is 2.64. The first-order valence-electron chi connectivity index (χ1n) is 12.7. The van der Waals surface area contributed by atoms with E-state index in [4.69, 9.17) is 4.98 Å². The molecule has 2 bridgehead atoms. The number of imidazole rings is 1. The molecule has 3 heterocycles. The SMILES string of the molecule is CC1(C)C2CC=C(CN3CCC(n4c(C5CCCNC5)nc5ccccc54)CC3)C1C2. The molecule has 1 aromatic carbocycles. The van der Waals surface area contributed by atoms with Crippen molar-refractivity contribution in [2.75, 3.05) is 32.7 Å². The number of nitrogens with zero attached hydrogens (tertiary/aromatic N) is 3. The van der Waals surface area contributed by atoms with Crippen LogP contribution in [0.4, 0.5) is 0 Å². The predicted octanol–water partition coefficient (Wildman–Crippen LogP) is 5.13. The average molecular weight is 419 g/mol. The maximum atomic E-state index is 5.16. The van der Waals surface area contributed by atoms with Crippen LogP contribution in [0.15, 0.2) is 35.9 Å². The van der Waals surface area contributed by atoms with Crippen molar-refractivity contribution in [2.45, 2.75) is 64.3 Å². The summed E-state index contributed by atoms with van der Waals surface area (Å²) in [6.07, 6.45) is 10.4. The molecule has 1 N–H and O–H groups in total. The largest absolute Gasteiger partial charge is 0.324 e. The number of nitrogens with one attached hydrogen (secondary N) is 1. The van der Waals surface area contributed by atoms with E-state index in [0.717, 1.165) is 24.9 Å². The van der Waals surface area contributed by atoms with Crippen molar-refractivity contribution in [1.82, 2.24) is 19.8 Å². The third kappa shape index (κ3) is 3.38. The highest BCUT2D eigenvalue weighted by Crippen LogP contribution is 2.59. The van der Waals surface area contributed by atoms with Gasteiger partial charge in [-0.1, -0.05) is 37.6 Å². The van der Waals surface area contributed by atoms with Crippen LogP contribution < -0.4 is 5.32 Å². The summed E-state index contributed by atoms with van der Waals surface area (Å²) in [7, 11) is 0. The molecule has 5 aliphatic rings. The highest BCUT2D eigenvalue weighted by Gasteiger charge is 2.51. The van der Waals surface area contributed by atoms with Crippen LogP contribution in [0.2, 0.25) is 0 Å². The number of allylic oxidation sites excluding steroid dienone is 1. The summed E-state index contributed by atoms with van der Waals surface area (Å²) in [5, 5.41) is 3.61. The van der Waals surface area contributed by atoms with Crippen molar-refractivity contribution in [3.8, 4) is 0 Å². The lowest BCUT2D eigenvalue weighted by Gasteiger charge is -2.57. The van der Waals surface area contributed by atoms with Crippen LogP contribution in [0.25, 0.3) is 11.0 Å². The van der Waals surface area contributed by atoms with Gasteiger partial charge in [0.25, 0.3) is 0 Å². The topological polar surface area (TPSA) is 33.1 Å². The van der Waals surface area contributed by atoms with Gasteiger partial charge in [-0.15, -0.1) is 0 Å². The maximum absolute atomic E-state index is 5.16. The second kappa shape index (κ2) is 7.74. The van der Waals surface area contributed by atoms with E-state index in [9.17, 15) is 0 Å². The molecule has 1 saturated carbocycles. The molecule has 3 atom stereocenters. The lowest BCUT2D eigenvalue weighted by atomic mass is 9.49. The Labute approximate surface area is 187 Å². The van der Waals surface area contributed by atoms with Gasteiger partial charge in [0.05, 0.1) is 11.0 Å². The quantitative estimate of drug-likeness (QED) is 0.699. The molecular weight excluding hydrogens is 380 g/mol. The van der Waals surface area contributed by atoms with Crippen LogP contribution in [0, 0.1) is 17.3 Å². The van der Waals surface area contributed by atoms with Gasteiger partial charge in [-0.05, 0) is 74.5 Å². The Bertz CT molecular complexity index is 972. The first-order valence-corrected chi connectivity index (χ1v) is 12.7. The van der Waals surface area contributed by atoms with E-state index in [1.165, 1.54) is 75.0 Å². The zero-order chi connectivity index (χ0) is 21.0. The first-order chi connectivity index (χ1) is 15.1. The minimum atomic E-state index is 0.543. The summed E-state index contributed by atoms with van der Waals surface area (Å²) in [5.41, 5.74) is 4.81. The number of para-hydroxylation sites is 2. The van der Waals surface area contributed by atoms with Gasteiger partial charge in [0.1, 0.15) is 5.82 Å². The number of hydrogen-bond donors (Lipinski definition) is 1. The molecule has 7 rings (SSSR count). The zero-order valence-electron chi connectivity index (χ0n) is 19.3. The van der Waals surface area contributed by atoms with Gasteiger partial charge >= 0.3 is 0 Å². The smallest absolute Gasteiger partial charge is 0.114 e. The molecule has 3 fully saturated rings. The number of piperidine rings is 2. The Morgan fingerprint density at radius 1 is 1.13 bits per heavy atom. The summed E-state index contributed by atoms with van der Waals surface area (Å²) in [6.45, 7) is 10.9. The summed E-state index contributed by atoms with van der Waals surface area (Å²) in [5.74, 6) is 3.67. The maximum Gasteiger partial charge on any atom is 0.114 e. The molecule has 3 unspecified atom stereocenters. The fraction of sp³-hybridized carbons (Fsp3) is 0.667. The Hall–Kier alpha value is -1.65. The normalized spacial score (nSPS) is 31.4. The first kappa shape index (κ1) is 20.0. The molecule has 0 spiro atoms. The lowest BCUT2D eigenvalue weighted by Crippen LogP contribution is -2.50. The van der Waals surface area contributed by atoms with Crippen LogP contribution in [-0.2, 0) is 0 Å². The molecule has 0 radical (unpaired) electrons. The predicted molar refractivity (Wildman–Crippen MR) is 127 cm³/mol. The molecule has 1 aromatic heterocycles. The molecule has 2 aromatic rings. The molecule has 2 saturated heterocycles. The van der Waals surface area contributed by atoms with Crippen LogP contribution in [-0.4, -0.2) is 47.2 Å². The number of hydrogen-bond acceptors (Lipinski definition) is 3. The lowest BCUT2D eigenvalue weighted by molar-refractivity contribution is -0.0114. The number of likely N-dealkylation sites (tertiary alicyclic amines) is 1. The van der Waals surface area contributed by atoms with Gasteiger partial charge in [-0.3, -0.25) is 4.90 Å². The highest BCUT2D eigenvalue weighted by molar-refractivity contribution is 5.76. The zero-order valence-corrected chi connectivity index (χ0v) is 19.3. The molecule has 0 amide bonds. The minimum absolute atomic E-state index is 0.543. The van der Waals surface area contributed by atoms with Crippen LogP contribution in [0.5, 0.6) is 0 Å². The summed E-state index contributed by atoms with van der Waals surface area (Å²) >= 11 is 0. The molecule has 4 heteroatoms. The molecule has 4 nitrogen and oxygen atoms in total. The van der Waals surface area contributed by atoms with Crippen LogP contribution >= 0.6 is 0 Å². The molecule has 166 valence electrons. The third-order valence-corrected chi connectivity index (χ3v) is 9.20. The third-order valence-electron chi connectivity index (χ3n) is 9.20. The Morgan fingerprint density at radius 2 is 1.97 bits per heavy atom. The van der Waals surface area contributed by atoms with Crippen LogP contribution in [0.1, 0.15) is 70.2 Å². The van der Waals surface area contributed by atoms with E-state index in [0.29, 0.717) is 17.4 Å². The fourth-order valence-corrected chi connectivity index (χ4v) is 7.06. The summed E-state index contributed by atoms with van der Waals surface area (Å²) in [4.78, 5) is 7.89. The van der Waals surface area contributed by atoms with Crippen molar-refractivity contribution >= 4 is 11.0 Å². The summed E-state index contributed by atoms with van der Waals surface area (Å²) in [6, 6.07) is 9.39. The van der Waals surface area contributed by atoms with Crippen LogP contribution in [0.3, 0.4) is 0 Å². The van der Waals surface area contributed by atoms with Gasteiger partial charge in [-0.2, -0.15) is 0 Å². The average Bonchev–Trinajstić information content (AvgIpc) is 3.20. The monoisotopic (exact) mass is 418 g/mol. The number of benzene rings is 1. The van der Waals surface area contributed by atoms with Crippen molar-refractivity contribution < 1.29 is 0 Å².